The molecule has 0 saturated heterocycles. The lowest BCUT2D eigenvalue weighted by Crippen LogP contribution is -2.42. The summed E-state index contributed by atoms with van der Waals surface area (Å²) in [5, 5.41) is 3.02. The third-order valence-corrected chi connectivity index (χ3v) is 4.90. The van der Waals surface area contributed by atoms with Crippen LogP contribution in [0.2, 0.25) is 0 Å². The zero-order chi connectivity index (χ0) is 18.6. The Labute approximate surface area is 158 Å². The molecule has 6 heteroatoms. The van der Waals surface area contributed by atoms with Crippen LogP contribution in [-0.2, 0) is 19.5 Å². The largest absolute Gasteiger partial charge is 0.497 e. The van der Waals surface area contributed by atoms with Crippen molar-refractivity contribution in [3.8, 4) is 11.4 Å². The zero-order valence-electron chi connectivity index (χ0n) is 15.3. The van der Waals surface area contributed by atoms with E-state index in [1.54, 1.807) is 19.6 Å². The van der Waals surface area contributed by atoms with Gasteiger partial charge >= 0.3 is 6.03 Å². The Kier molecular flexibility index (Phi) is 4.78. The van der Waals surface area contributed by atoms with E-state index >= 15 is 0 Å². The number of methoxy groups -OCH3 is 1. The number of ether oxygens (including phenoxy) is 1. The van der Waals surface area contributed by atoms with E-state index < -0.39 is 0 Å². The number of benzene rings is 2. The van der Waals surface area contributed by atoms with Crippen LogP contribution in [0.3, 0.4) is 0 Å². The molecule has 27 heavy (non-hydrogen) atoms. The van der Waals surface area contributed by atoms with Gasteiger partial charge in [-0.1, -0.05) is 18.2 Å². The maximum Gasteiger partial charge on any atom is 0.317 e. The zero-order valence-corrected chi connectivity index (χ0v) is 15.3. The topological polar surface area (TPSA) is 59.4 Å². The third kappa shape index (κ3) is 3.79. The van der Waals surface area contributed by atoms with Gasteiger partial charge in [-0.15, -0.1) is 0 Å². The lowest BCUT2D eigenvalue weighted by atomic mass is 10.00. The Bertz CT molecular complexity index is 920. The van der Waals surface area contributed by atoms with Crippen molar-refractivity contribution in [1.82, 2.24) is 19.8 Å². The molecule has 0 atom stereocenters. The van der Waals surface area contributed by atoms with Gasteiger partial charge in [0.15, 0.2) is 0 Å². The predicted molar refractivity (Wildman–Crippen MR) is 103 cm³/mol. The van der Waals surface area contributed by atoms with Crippen molar-refractivity contribution in [3.63, 3.8) is 0 Å². The number of amides is 2. The first-order valence-corrected chi connectivity index (χ1v) is 8.99. The van der Waals surface area contributed by atoms with Crippen LogP contribution in [0.4, 0.5) is 4.79 Å². The van der Waals surface area contributed by atoms with E-state index in [0.29, 0.717) is 13.1 Å². The second kappa shape index (κ2) is 7.53. The van der Waals surface area contributed by atoms with Crippen molar-refractivity contribution in [1.29, 1.82) is 0 Å². The van der Waals surface area contributed by atoms with Gasteiger partial charge in [-0.3, -0.25) is 0 Å². The minimum absolute atomic E-state index is 0.0397. The van der Waals surface area contributed by atoms with Crippen LogP contribution in [0.15, 0.2) is 61.2 Å². The molecule has 0 spiro atoms. The highest BCUT2D eigenvalue weighted by atomic mass is 16.5. The van der Waals surface area contributed by atoms with E-state index in [9.17, 15) is 4.79 Å². The maximum absolute atomic E-state index is 12.6. The molecule has 138 valence electrons. The number of carbonyl (C=O) groups excluding carboxylic acids is 1. The van der Waals surface area contributed by atoms with Crippen molar-refractivity contribution >= 4 is 6.03 Å². The summed E-state index contributed by atoms with van der Waals surface area (Å²) in [4.78, 5) is 18.5. The summed E-state index contributed by atoms with van der Waals surface area (Å²) in [5.74, 6) is 0.828. The summed E-state index contributed by atoms with van der Waals surface area (Å²) in [5.41, 5.74) is 4.55. The Balaban J connectivity index is 1.35. The summed E-state index contributed by atoms with van der Waals surface area (Å²) in [7, 11) is 1.66. The smallest absolute Gasteiger partial charge is 0.317 e. The van der Waals surface area contributed by atoms with Crippen LogP contribution in [0.5, 0.6) is 5.75 Å². The van der Waals surface area contributed by atoms with Gasteiger partial charge in [-0.2, -0.15) is 0 Å². The van der Waals surface area contributed by atoms with Crippen LogP contribution in [0, 0.1) is 0 Å². The Morgan fingerprint density at radius 3 is 2.78 bits per heavy atom. The number of hydrogen-bond donors (Lipinski definition) is 1. The highest BCUT2D eigenvalue weighted by Gasteiger charge is 2.20. The average molecular weight is 362 g/mol. The molecule has 0 fully saturated rings. The molecule has 2 aromatic carbocycles. The Morgan fingerprint density at radius 2 is 2.04 bits per heavy atom. The maximum atomic E-state index is 12.6. The summed E-state index contributed by atoms with van der Waals surface area (Å²) in [6.07, 6.45) is 6.28. The van der Waals surface area contributed by atoms with Gasteiger partial charge in [0, 0.05) is 37.7 Å². The summed E-state index contributed by atoms with van der Waals surface area (Å²) in [6, 6.07) is 14.1. The standard InChI is InChI=1S/C21H22N4O2/c1-27-20-7-4-17-8-10-24(14-18(17)12-20)21(26)23-13-16-2-5-19(6-3-16)25-11-9-22-15-25/h2-7,9,11-12,15H,8,10,13-14H2,1H3,(H,23,26). The van der Waals surface area contributed by atoms with Crippen molar-refractivity contribution in [2.45, 2.75) is 19.5 Å². The van der Waals surface area contributed by atoms with Crippen LogP contribution in [-0.4, -0.2) is 34.1 Å². The second-order valence-corrected chi connectivity index (χ2v) is 6.60. The van der Waals surface area contributed by atoms with Crippen molar-refractivity contribution in [2.24, 2.45) is 0 Å². The summed E-state index contributed by atoms with van der Waals surface area (Å²) < 4.78 is 7.24. The van der Waals surface area contributed by atoms with Gasteiger partial charge in [0.2, 0.25) is 0 Å². The molecule has 6 nitrogen and oxygen atoms in total. The van der Waals surface area contributed by atoms with E-state index in [1.807, 2.05) is 52.1 Å². The highest BCUT2D eigenvalue weighted by Crippen LogP contribution is 2.23. The number of aromatic nitrogens is 2. The van der Waals surface area contributed by atoms with E-state index in [1.165, 1.54) is 5.56 Å². The number of imidazole rings is 1. The van der Waals surface area contributed by atoms with Gasteiger partial charge < -0.3 is 19.5 Å². The summed E-state index contributed by atoms with van der Waals surface area (Å²) >= 11 is 0. The monoisotopic (exact) mass is 362 g/mol. The number of hydrogen-bond acceptors (Lipinski definition) is 3. The molecule has 0 aliphatic carbocycles. The van der Waals surface area contributed by atoms with Crippen molar-refractivity contribution < 1.29 is 9.53 Å². The Morgan fingerprint density at radius 1 is 1.19 bits per heavy atom. The van der Waals surface area contributed by atoms with Gasteiger partial charge in [-0.05, 0) is 47.4 Å². The lowest BCUT2D eigenvalue weighted by molar-refractivity contribution is 0.192. The van der Waals surface area contributed by atoms with Crippen LogP contribution >= 0.6 is 0 Å². The SMILES string of the molecule is COc1ccc2c(c1)CN(C(=O)NCc1ccc(-n3ccnc3)cc1)CC2. The first-order chi connectivity index (χ1) is 13.2. The minimum atomic E-state index is -0.0397. The minimum Gasteiger partial charge on any atom is -0.497 e. The van der Waals surface area contributed by atoms with Gasteiger partial charge in [-0.25, -0.2) is 9.78 Å². The first-order valence-electron chi connectivity index (χ1n) is 8.99. The van der Waals surface area contributed by atoms with E-state index in [2.05, 4.69) is 16.4 Å². The fraction of sp³-hybridized carbons (Fsp3) is 0.238. The molecule has 1 aliphatic heterocycles. The van der Waals surface area contributed by atoms with Gasteiger partial charge in [0.25, 0.3) is 0 Å². The van der Waals surface area contributed by atoms with Crippen molar-refractivity contribution in [2.75, 3.05) is 13.7 Å². The molecule has 1 aliphatic rings. The number of fused-ring (bicyclic) bond motifs is 1. The quantitative estimate of drug-likeness (QED) is 0.776. The fourth-order valence-corrected chi connectivity index (χ4v) is 3.32. The van der Waals surface area contributed by atoms with Crippen LogP contribution in [0.1, 0.15) is 16.7 Å². The second-order valence-electron chi connectivity index (χ2n) is 6.60. The molecular formula is C21H22N4O2. The normalized spacial score (nSPS) is 13.1. The fourth-order valence-electron chi connectivity index (χ4n) is 3.32. The number of nitrogens with one attached hydrogen (secondary N) is 1. The third-order valence-electron chi connectivity index (χ3n) is 4.90. The average Bonchev–Trinajstić information content (AvgIpc) is 3.26. The highest BCUT2D eigenvalue weighted by molar-refractivity contribution is 5.74. The number of carbonyl (C=O) groups is 1. The summed E-state index contributed by atoms with van der Waals surface area (Å²) in [6.45, 7) is 1.84. The lowest BCUT2D eigenvalue weighted by Gasteiger charge is -2.29. The molecular weight excluding hydrogens is 340 g/mol. The molecule has 1 aromatic heterocycles. The predicted octanol–water partition coefficient (Wildman–Crippen LogP) is 3.15. The van der Waals surface area contributed by atoms with E-state index in [4.69, 9.17) is 4.74 Å². The Hall–Kier alpha value is -3.28. The van der Waals surface area contributed by atoms with Crippen LogP contribution in [0.25, 0.3) is 5.69 Å². The molecule has 0 saturated carbocycles. The van der Waals surface area contributed by atoms with E-state index in [0.717, 1.165) is 35.5 Å². The molecule has 3 aromatic rings. The van der Waals surface area contributed by atoms with Crippen LogP contribution < -0.4 is 10.1 Å². The molecule has 0 radical (unpaired) electrons. The molecule has 0 unspecified atom stereocenters. The molecule has 4 rings (SSSR count). The van der Waals surface area contributed by atoms with Gasteiger partial charge in [0.05, 0.1) is 13.4 Å². The molecule has 0 bridgehead atoms. The molecule has 1 N–H and O–H groups in total. The first kappa shape index (κ1) is 17.1. The molecule has 2 amide bonds. The molecule has 2 heterocycles. The number of rotatable bonds is 4. The number of nitrogens with zero attached hydrogens (tertiary/aromatic N) is 3. The van der Waals surface area contributed by atoms with Gasteiger partial charge in [0.1, 0.15) is 5.75 Å². The number of urea groups is 1. The van der Waals surface area contributed by atoms with E-state index in [-0.39, 0.29) is 6.03 Å². The van der Waals surface area contributed by atoms with Crippen molar-refractivity contribution in [3.05, 3.63) is 77.9 Å².